The molecule has 0 saturated carbocycles. The predicted molar refractivity (Wildman–Crippen MR) is 75.6 cm³/mol. The van der Waals surface area contributed by atoms with Crippen molar-refractivity contribution in [2.24, 2.45) is 7.05 Å². The lowest BCUT2D eigenvalue weighted by Crippen LogP contribution is -2.37. The maximum absolute atomic E-state index is 12.5. The van der Waals surface area contributed by atoms with Crippen LogP contribution in [0.3, 0.4) is 0 Å². The van der Waals surface area contributed by atoms with Gasteiger partial charge in [0.05, 0.1) is 0 Å². The Labute approximate surface area is 122 Å². The van der Waals surface area contributed by atoms with Crippen LogP contribution >= 0.6 is 11.6 Å². The number of benzene rings is 1. The molecular weight excluding hydrogens is 276 g/mol. The van der Waals surface area contributed by atoms with Crippen LogP contribution in [0.2, 0.25) is 5.02 Å². The molecular formula is C14H15ClN4O. The lowest BCUT2D eigenvalue weighted by atomic mass is 10.00. The number of carbonyl (C=O) groups excluding carboxylic acids is 1. The summed E-state index contributed by atoms with van der Waals surface area (Å²) >= 11 is 6.22. The SMILES string of the molecule is Cc1nc(C(=O)N2CCc3cccc(Cl)c3C2)n(C)n1. The molecule has 0 unspecified atom stereocenters. The number of fused-ring (bicyclic) bond motifs is 1. The number of rotatable bonds is 1. The number of halogens is 1. The molecule has 6 heteroatoms. The van der Waals surface area contributed by atoms with Crippen molar-refractivity contribution < 1.29 is 4.79 Å². The second kappa shape index (κ2) is 4.90. The predicted octanol–water partition coefficient (Wildman–Crippen LogP) is 1.98. The molecule has 0 bridgehead atoms. The molecule has 0 atom stereocenters. The number of aryl methyl sites for hydroxylation is 2. The van der Waals surface area contributed by atoms with Gasteiger partial charge in [0, 0.05) is 25.2 Å². The third-order valence-electron chi connectivity index (χ3n) is 3.56. The number of hydrogen-bond donors (Lipinski definition) is 0. The summed E-state index contributed by atoms with van der Waals surface area (Å²) in [7, 11) is 1.73. The van der Waals surface area contributed by atoms with Gasteiger partial charge in [-0.15, -0.1) is 0 Å². The van der Waals surface area contributed by atoms with Gasteiger partial charge in [-0.05, 0) is 30.5 Å². The molecule has 3 rings (SSSR count). The van der Waals surface area contributed by atoms with Crippen molar-refractivity contribution >= 4 is 17.5 Å². The van der Waals surface area contributed by atoms with Crippen LogP contribution in [-0.4, -0.2) is 32.1 Å². The number of amides is 1. The van der Waals surface area contributed by atoms with Gasteiger partial charge in [0.1, 0.15) is 5.82 Å². The van der Waals surface area contributed by atoms with Gasteiger partial charge in [0.2, 0.25) is 5.82 Å². The Morgan fingerprint density at radius 1 is 1.40 bits per heavy atom. The summed E-state index contributed by atoms with van der Waals surface area (Å²) in [6.07, 6.45) is 0.818. The van der Waals surface area contributed by atoms with E-state index in [4.69, 9.17) is 11.6 Å². The zero-order valence-corrected chi connectivity index (χ0v) is 12.2. The molecule has 1 aliphatic rings. The smallest absolute Gasteiger partial charge is 0.291 e. The first-order valence-electron chi connectivity index (χ1n) is 6.49. The van der Waals surface area contributed by atoms with Crippen molar-refractivity contribution in [3.8, 4) is 0 Å². The van der Waals surface area contributed by atoms with Crippen LogP contribution in [0.5, 0.6) is 0 Å². The molecule has 5 nitrogen and oxygen atoms in total. The fourth-order valence-corrected chi connectivity index (χ4v) is 2.81. The summed E-state index contributed by atoms with van der Waals surface area (Å²) in [6, 6.07) is 5.88. The van der Waals surface area contributed by atoms with Crippen LogP contribution in [-0.2, 0) is 20.0 Å². The monoisotopic (exact) mass is 290 g/mol. The van der Waals surface area contributed by atoms with Gasteiger partial charge in [0.25, 0.3) is 5.91 Å². The Bertz CT molecular complexity index is 680. The molecule has 20 heavy (non-hydrogen) atoms. The molecule has 1 aromatic heterocycles. The molecule has 0 aliphatic carbocycles. The minimum Gasteiger partial charge on any atom is -0.331 e. The normalized spacial score (nSPS) is 14.2. The Balaban J connectivity index is 1.89. The summed E-state index contributed by atoms with van der Waals surface area (Å²) in [4.78, 5) is 18.5. The summed E-state index contributed by atoms with van der Waals surface area (Å²) in [6.45, 7) is 2.98. The van der Waals surface area contributed by atoms with E-state index in [1.807, 2.05) is 12.1 Å². The molecule has 0 fully saturated rings. The van der Waals surface area contributed by atoms with Crippen molar-refractivity contribution in [2.75, 3.05) is 6.54 Å². The van der Waals surface area contributed by atoms with Gasteiger partial charge in [-0.1, -0.05) is 23.7 Å². The molecule has 2 heterocycles. The van der Waals surface area contributed by atoms with Crippen LogP contribution in [0.4, 0.5) is 0 Å². The lowest BCUT2D eigenvalue weighted by molar-refractivity contribution is 0.0717. The summed E-state index contributed by atoms with van der Waals surface area (Å²) in [5.41, 5.74) is 2.25. The average Bonchev–Trinajstić information content (AvgIpc) is 2.77. The largest absolute Gasteiger partial charge is 0.331 e. The number of nitrogens with zero attached hydrogens (tertiary/aromatic N) is 4. The van der Waals surface area contributed by atoms with E-state index in [-0.39, 0.29) is 5.91 Å². The zero-order valence-electron chi connectivity index (χ0n) is 11.4. The molecule has 104 valence electrons. The standard InChI is InChI=1S/C14H15ClN4O/c1-9-16-13(18(2)17-9)14(20)19-7-6-10-4-3-5-12(15)11(10)8-19/h3-5H,6-8H2,1-2H3. The van der Waals surface area contributed by atoms with E-state index in [1.54, 1.807) is 18.9 Å². The van der Waals surface area contributed by atoms with E-state index >= 15 is 0 Å². The van der Waals surface area contributed by atoms with E-state index in [1.165, 1.54) is 10.2 Å². The highest BCUT2D eigenvalue weighted by Crippen LogP contribution is 2.26. The minimum absolute atomic E-state index is 0.0985. The number of hydrogen-bond acceptors (Lipinski definition) is 3. The van der Waals surface area contributed by atoms with Crippen molar-refractivity contribution in [1.29, 1.82) is 0 Å². The highest BCUT2D eigenvalue weighted by atomic mass is 35.5. The Kier molecular flexibility index (Phi) is 3.22. The van der Waals surface area contributed by atoms with Crippen LogP contribution < -0.4 is 0 Å². The first-order chi connectivity index (χ1) is 9.56. The van der Waals surface area contributed by atoms with E-state index in [0.717, 1.165) is 12.0 Å². The summed E-state index contributed by atoms with van der Waals surface area (Å²) in [5, 5.41) is 4.84. The van der Waals surface area contributed by atoms with Gasteiger partial charge in [-0.3, -0.25) is 4.79 Å². The second-order valence-electron chi connectivity index (χ2n) is 4.96. The number of carbonyl (C=O) groups is 1. The topological polar surface area (TPSA) is 51.0 Å². The molecule has 1 aliphatic heterocycles. The minimum atomic E-state index is -0.0985. The quantitative estimate of drug-likeness (QED) is 0.807. The molecule has 1 aromatic carbocycles. The molecule has 0 spiro atoms. The molecule has 0 radical (unpaired) electrons. The number of aromatic nitrogens is 3. The third kappa shape index (κ3) is 2.18. The molecule has 0 N–H and O–H groups in total. The molecule has 0 saturated heterocycles. The molecule has 1 amide bonds. The van der Waals surface area contributed by atoms with Gasteiger partial charge in [-0.2, -0.15) is 5.10 Å². The maximum Gasteiger partial charge on any atom is 0.291 e. The van der Waals surface area contributed by atoms with E-state index in [9.17, 15) is 4.79 Å². The van der Waals surface area contributed by atoms with Crippen LogP contribution in [0.15, 0.2) is 18.2 Å². The average molecular weight is 291 g/mol. The maximum atomic E-state index is 12.5. The summed E-state index contributed by atoms with van der Waals surface area (Å²) < 4.78 is 1.53. The Morgan fingerprint density at radius 3 is 2.90 bits per heavy atom. The van der Waals surface area contributed by atoms with Crippen molar-refractivity contribution in [1.82, 2.24) is 19.7 Å². The van der Waals surface area contributed by atoms with Gasteiger partial charge in [0.15, 0.2) is 0 Å². The Hall–Kier alpha value is -1.88. The van der Waals surface area contributed by atoms with Crippen LogP contribution in [0.1, 0.15) is 27.6 Å². The second-order valence-corrected chi connectivity index (χ2v) is 5.37. The van der Waals surface area contributed by atoms with E-state index in [0.29, 0.717) is 29.8 Å². The van der Waals surface area contributed by atoms with Gasteiger partial charge in [-0.25, -0.2) is 9.67 Å². The fraction of sp³-hybridized carbons (Fsp3) is 0.357. The lowest BCUT2D eigenvalue weighted by Gasteiger charge is -2.29. The highest BCUT2D eigenvalue weighted by molar-refractivity contribution is 6.31. The van der Waals surface area contributed by atoms with E-state index in [2.05, 4.69) is 16.1 Å². The third-order valence-corrected chi connectivity index (χ3v) is 3.92. The van der Waals surface area contributed by atoms with Crippen molar-refractivity contribution in [3.63, 3.8) is 0 Å². The van der Waals surface area contributed by atoms with Crippen molar-refractivity contribution in [3.05, 3.63) is 46.0 Å². The van der Waals surface area contributed by atoms with Gasteiger partial charge < -0.3 is 4.90 Å². The Morgan fingerprint density at radius 2 is 2.20 bits per heavy atom. The highest BCUT2D eigenvalue weighted by Gasteiger charge is 2.26. The van der Waals surface area contributed by atoms with Crippen molar-refractivity contribution in [2.45, 2.75) is 19.9 Å². The first kappa shape index (κ1) is 13.1. The first-order valence-corrected chi connectivity index (χ1v) is 6.87. The molecule has 2 aromatic rings. The van der Waals surface area contributed by atoms with Crippen LogP contribution in [0, 0.1) is 6.92 Å². The summed E-state index contributed by atoms with van der Waals surface area (Å²) in [5.74, 6) is 0.878. The van der Waals surface area contributed by atoms with Crippen LogP contribution in [0.25, 0.3) is 0 Å². The van der Waals surface area contributed by atoms with Gasteiger partial charge >= 0.3 is 0 Å². The fourth-order valence-electron chi connectivity index (χ4n) is 2.55. The zero-order chi connectivity index (χ0) is 14.3. The van der Waals surface area contributed by atoms with E-state index < -0.39 is 0 Å².